The Morgan fingerprint density at radius 2 is 2.17 bits per heavy atom. The third kappa shape index (κ3) is 1.08. The minimum atomic E-state index is 0.700. The molecule has 12 heavy (non-hydrogen) atoms. The highest BCUT2D eigenvalue weighted by atomic mass is 14.2. The van der Waals surface area contributed by atoms with E-state index in [1.165, 1.54) is 17.5 Å². The normalized spacial score (nSPS) is 20.7. The largest absolute Gasteiger partial charge is 0.0833 e. The highest BCUT2D eigenvalue weighted by Gasteiger charge is 2.13. The summed E-state index contributed by atoms with van der Waals surface area (Å²) >= 11 is 0. The summed E-state index contributed by atoms with van der Waals surface area (Å²) in [5.41, 5.74) is 4.39. The van der Waals surface area contributed by atoms with E-state index in [9.17, 15) is 0 Å². The lowest BCUT2D eigenvalue weighted by molar-refractivity contribution is 0.765. The number of hydrogen-bond acceptors (Lipinski definition) is 0. The number of allylic oxidation sites excluding steroid dienone is 1. The zero-order valence-corrected chi connectivity index (χ0v) is 7.67. The highest BCUT2D eigenvalue weighted by Crippen LogP contribution is 2.31. The maximum atomic E-state index is 2.30. The van der Waals surface area contributed by atoms with Gasteiger partial charge in [0.25, 0.3) is 0 Å². The summed E-state index contributed by atoms with van der Waals surface area (Å²) in [6.07, 6.45) is 5.70. The summed E-state index contributed by atoms with van der Waals surface area (Å²) in [5, 5.41) is 0. The Morgan fingerprint density at radius 3 is 2.92 bits per heavy atom. The molecule has 0 heteroatoms. The summed E-state index contributed by atoms with van der Waals surface area (Å²) < 4.78 is 0. The molecule has 0 nitrogen and oxygen atoms in total. The Labute approximate surface area is 73.9 Å². The molecule has 62 valence electrons. The van der Waals surface area contributed by atoms with E-state index in [-0.39, 0.29) is 0 Å². The van der Waals surface area contributed by atoms with Crippen molar-refractivity contribution in [2.45, 2.75) is 26.2 Å². The molecule has 1 atom stereocenters. The van der Waals surface area contributed by atoms with Gasteiger partial charge in [0.15, 0.2) is 0 Å². The highest BCUT2D eigenvalue weighted by molar-refractivity contribution is 5.59. The van der Waals surface area contributed by atoms with Crippen LogP contribution >= 0.6 is 0 Å². The van der Waals surface area contributed by atoms with Gasteiger partial charge in [0, 0.05) is 0 Å². The first-order chi connectivity index (χ1) is 5.79. The van der Waals surface area contributed by atoms with Gasteiger partial charge in [-0.1, -0.05) is 37.3 Å². The Morgan fingerprint density at radius 1 is 1.33 bits per heavy atom. The summed E-state index contributed by atoms with van der Waals surface area (Å²) in [5.74, 6) is 0.700. The van der Waals surface area contributed by atoms with Gasteiger partial charge in [-0.3, -0.25) is 0 Å². The van der Waals surface area contributed by atoms with Gasteiger partial charge < -0.3 is 0 Å². The lowest BCUT2D eigenvalue weighted by atomic mass is 9.85. The van der Waals surface area contributed by atoms with E-state index >= 15 is 0 Å². The van der Waals surface area contributed by atoms with Crippen molar-refractivity contribution in [2.75, 3.05) is 0 Å². The standard InChI is InChI=1S/C12H14/c1-9-5-3-7-11-8-4-6-10(2)12(9)11/h3-5,7-8,10H,6H2,1-2H3. The van der Waals surface area contributed by atoms with Crippen LogP contribution in [0.15, 0.2) is 24.3 Å². The molecule has 0 heterocycles. The van der Waals surface area contributed by atoms with Crippen LogP contribution in [0.3, 0.4) is 0 Å². The molecule has 0 fully saturated rings. The molecule has 1 aromatic carbocycles. The average molecular weight is 158 g/mol. The van der Waals surface area contributed by atoms with E-state index in [0.717, 1.165) is 0 Å². The first-order valence-electron chi connectivity index (χ1n) is 4.55. The average Bonchev–Trinajstić information content (AvgIpc) is 2.04. The Balaban J connectivity index is 2.62. The van der Waals surface area contributed by atoms with E-state index in [1.807, 2.05) is 0 Å². The van der Waals surface area contributed by atoms with Crippen molar-refractivity contribution in [1.29, 1.82) is 0 Å². The summed E-state index contributed by atoms with van der Waals surface area (Å²) in [7, 11) is 0. The molecule has 0 saturated carbocycles. The number of aryl methyl sites for hydroxylation is 1. The van der Waals surface area contributed by atoms with Gasteiger partial charge in [-0.25, -0.2) is 0 Å². The van der Waals surface area contributed by atoms with E-state index in [2.05, 4.69) is 44.2 Å². The first kappa shape index (κ1) is 7.60. The molecule has 0 bridgehead atoms. The van der Waals surface area contributed by atoms with Crippen LogP contribution in [0, 0.1) is 6.92 Å². The fourth-order valence-electron chi connectivity index (χ4n) is 2.04. The Hall–Kier alpha value is -1.04. The van der Waals surface area contributed by atoms with Crippen molar-refractivity contribution >= 4 is 6.08 Å². The number of hydrogen-bond donors (Lipinski definition) is 0. The van der Waals surface area contributed by atoms with Crippen LogP contribution in [0.5, 0.6) is 0 Å². The number of rotatable bonds is 0. The van der Waals surface area contributed by atoms with Crippen LogP contribution in [0.2, 0.25) is 0 Å². The van der Waals surface area contributed by atoms with Crippen molar-refractivity contribution in [3.05, 3.63) is 41.0 Å². The molecule has 0 radical (unpaired) electrons. The smallest absolute Gasteiger partial charge is 0.0147 e. The minimum Gasteiger partial charge on any atom is -0.0833 e. The van der Waals surface area contributed by atoms with Crippen LogP contribution in [0.4, 0.5) is 0 Å². The Bertz CT molecular complexity index is 321. The summed E-state index contributed by atoms with van der Waals surface area (Å²) in [6, 6.07) is 6.54. The van der Waals surface area contributed by atoms with Gasteiger partial charge in [0.1, 0.15) is 0 Å². The lowest BCUT2D eigenvalue weighted by Gasteiger charge is -2.19. The fourth-order valence-corrected chi connectivity index (χ4v) is 2.04. The van der Waals surface area contributed by atoms with Crippen LogP contribution in [-0.2, 0) is 0 Å². The molecule has 2 rings (SSSR count). The number of benzene rings is 1. The first-order valence-corrected chi connectivity index (χ1v) is 4.55. The van der Waals surface area contributed by atoms with Gasteiger partial charge >= 0.3 is 0 Å². The van der Waals surface area contributed by atoms with E-state index in [1.54, 1.807) is 5.56 Å². The third-order valence-corrected chi connectivity index (χ3v) is 2.64. The molecular formula is C12H14. The Kier molecular flexibility index (Phi) is 1.76. The van der Waals surface area contributed by atoms with Gasteiger partial charge in [-0.2, -0.15) is 0 Å². The second-order valence-electron chi connectivity index (χ2n) is 3.62. The SMILES string of the molecule is Cc1cccc2c1C(C)CC=C2. The molecule has 0 aromatic heterocycles. The molecule has 1 aromatic rings. The van der Waals surface area contributed by atoms with Crippen molar-refractivity contribution in [3.8, 4) is 0 Å². The zero-order chi connectivity index (χ0) is 8.55. The molecule has 0 amide bonds. The molecule has 0 aliphatic heterocycles. The van der Waals surface area contributed by atoms with Crippen molar-refractivity contribution < 1.29 is 0 Å². The topological polar surface area (TPSA) is 0 Å². The molecular weight excluding hydrogens is 144 g/mol. The second kappa shape index (κ2) is 2.78. The second-order valence-corrected chi connectivity index (χ2v) is 3.62. The number of fused-ring (bicyclic) bond motifs is 1. The quantitative estimate of drug-likeness (QED) is 0.542. The molecule has 0 N–H and O–H groups in total. The van der Waals surface area contributed by atoms with E-state index in [4.69, 9.17) is 0 Å². The predicted octanol–water partition coefficient (Wildman–Crippen LogP) is 3.52. The van der Waals surface area contributed by atoms with E-state index < -0.39 is 0 Å². The third-order valence-electron chi connectivity index (χ3n) is 2.64. The molecule has 1 aliphatic rings. The van der Waals surface area contributed by atoms with Crippen LogP contribution in [0.1, 0.15) is 36.0 Å². The molecule has 1 unspecified atom stereocenters. The maximum absolute atomic E-state index is 2.30. The van der Waals surface area contributed by atoms with Crippen LogP contribution in [-0.4, -0.2) is 0 Å². The zero-order valence-electron chi connectivity index (χ0n) is 7.67. The van der Waals surface area contributed by atoms with E-state index in [0.29, 0.717) is 5.92 Å². The van der Waals surface area contributed by atoms with Gasteiger partial charge in [-0.05, 0) is 36.0 Å². The molecule has 1 aliphatic carbocycles. The van der Waals surface area contributed by atoms with Gasteiger partial charge in [-0.15, -0.1) is 0 Å². The van der Waals surface area contributed by atoms with Crippen molar-refractivity contribution in [3.63, 3.8) is 0 Å². The minimum absolute atomic E-state index is 0.700. The summed E-state index contributed by atoms with van der Waals surface area (Å²) in [4.78, 5) is 0. The fraction of sp³-hybridized carbons (Fsp3) is 0.333. The summed E-state index contributed by atoms with van der Waals surface area (Å²) in [6.45, 7) is 4.50. The molecule has 0 saturated heterocycles. The van der Waals surface area contributed by atoms with Crippen LogP contribution < -0.4 is 0 Å². The monoisotopic (exact) mass is 158 g/mol. The van der Waals surface area contributed by atoms with Gasteiger partial charge in [0.05, 0.1) is 0 Å². The van der Waals surface area contributed by atoms with Crippen LogP contribution in [0.25, 0.3) is 6.08 Å². The van der Waals surface area contributed by atoms with Crippen molar-refractivity contribution in [2.24, 2.45) is 0 Å². The maximum Gasteiger partial charge on any atom is -0.0147 e. The van der Waals surface area contributed by atoms with Gasteiger partial charge in [0.2, 0.25) is 0 Å². The predicted molar refractivity (Wildman–Crippen MR) is 53.2 cm³/mol. The molecule has 0 spiro atoms. The lowest BCUT2D eigenvalue weighted by Crippen LogP contribution is -2.01. The van der Waals surface area contributed by atoms with Crippen molar-refractivity contribution in [1.82, 2.24) is 0 Å².